The molecule has 0 spiro atoms. The fourth-order valence-corrected chi connectivity index (χ4v) is 1.39. The quantitative estimate of drug-likeness (QED) is 0.673. The van der Waals surface area contributed by atoms with Gasteiger partial charge in [0.15, 0.2) is 0 Å². The van der Waals surface area contributed by atoms with Gasteiger partial charge in [-0.1, -0.05) is 0 Å². The zero-order valence-corrected chi connectivity index (χ0v) is 7.18. The van der Waals surface area contributed by atoms with Gasteiger partial charge in [0.1, 0.15) is 0 Å². The van der Waals surface area contributed by atoms with Crippen molar-refractivity contribution in [2.45, 2.75) is 32.3 Å². The summed E-state index contributed by atoms with van der Waals surface area (Å²) in [7, 11) is 1.58. The molecule has 0 atom stereocenters. The van der Waals surface area contributed by atoms with Gasteiger partial charge in [-0.05, 0) is 26.7 Å². The third-order valence-corrected chi connectivity index (χ3v) is 2.77. The maximum atomic E-state index is 10.8. The summed E-state index contributed by atoms with van der Waals surface area (Å²) in [6.07, 6.45) is 1.73. The van der Waals surface area contributed by atoms with Gasteiger partial charge in [0, 0.05) is 7.11 Å². The Hall–Kier alpha value is -0.570. The zero-order valence-electron chi connectivity index (χ0n) is 7.18. The highest BCUT2D eigenvalue weighted by atomic mass is 16.5. The summed E-state index contributed by atoms with van der Waals surface area (Å²) in [6, 6.07) is 0. The SMILES string of the molecule is COC1(C(C)(C)C(=O)O)CC1. The summed E-state index contributed by atoms with van der Waals surface area (Å²) < 4.78 is 5.19. The molecular weight excluding hydrogens is 144 g/mol. The Morgan fingerprint density at radius 2 is 2.00 bits per heavy atom. The van der Waals surface area contributed by atoms with E-state index in [4.69, 9.17) is 9.84 Å². The second-order valence-electron chi connectivity index (χ2n) is 3.63. The van der Waals surface area contributed by atoms with Gasteiger partial charge in [0.05, 0.1) is 11.0 Å². The van der Waals surface area contributed by atoms with E-state index in [1.54, 1.807) is 21.0 Å². The molecule has 0 unspecified atom stereocenters. The van der Waals surface area contributed by atoms with Crippen LogP contribution in [0.4, 0.5) is 0 Å². The standard InChI is InChI=1S/C8H14O3/c1-7(2,6(9)10)8(11-3)4-5-8/h4-5H2,1-3H3,(H,9,10). The van der Waals surface area contributed by atoms with Crippen molar-refractivity contribution in [3.8, 4) is 0 Å². The van der Waals surface area contributed by atoms with Gasteiger partial charge in [-0.2, -0.15) is 0 Å². The molecular formula is C8H14O3. The second-order valence-corrected chi connectivity index (χ2v) is 3.63. The van der Waals surface area contributed by atoms with E-state index in [0.717, 1.165) is 12.8 Å². The Morgan fingerprint density at radius 3 is 2.09 bits per heavy atom. The van der Waals surface area contributed by atoms with Gasteiger partial charge in [-0.3, -0.25) is 4.79 Å². The first-order valence-electron chi connectivity index (χ1n) is 3.75. The van der Waals surface area contributed by atoms with Crippen molar-refractivity contribution in [2.75, 3.05) is 7.11 Å². The molecule has 0 saturated heterocycles. The Morgan fingerprint density at radius 1 is 1.55 bits per heavy atom. The van der Waals surface area contributed by atoms with Crippen molar-refractivity contribution in [1.29, 1.82) is 0 Å². The first-order chi connectivity index (χ1) is 4.96. The number of rotatable bonds is 3. The summed E-state index contributed by atoms with van der Waals surface area (Å²) >= 11 is 0. The van der Waals surface area contributed by atoms with Crippen LogP contribution in [0.3, 0.4) is 0 Å². The summed E-state index contributed by atoms with van der Waals surface area (Å²) in [4.78, 5) is 10.8. The van der Waals surface area contributed by atoms with Gasteiger partial charge < -0.3 is 9.84 Å². The lowest BCUT2D eigenvalue weighted by atomic mass is 9.84. The Balaban J connectivity index is 2.79. The van der Waals surface area contributed by atoms with Crippen molar-refractivity contribution in [3.05, 3.63) is 0 Å². The zero-order chi connectivity index (χ0) is 8.70. The molecule has 3 nitrogen and oxygen atoms in total. The van der Waals surface area contributed by atoms with Crippen molar-refractivity contribution >= 4 is 5.97 Å². The molecule has 0 heterocycles. The molecule has 1 N–H and O–H groups in total. The molecule has 0 amide bonds. The first kappa shape index (κ1) is 8.53. The third-order valence-electron chi connectivity index (χ3n) is 2.77. The van der Waals surface area contributed by atoms with E-state index < -0.39 is 17.0 Å². The van der Waals surface area contributed by atoms with Crippen molar-refractivity contribution < 1.29 is 14.6 Å². The molecule has 0 radical (unpaired) electrons. The minimum Gasteiger partial charge on any atom is -0.481 e. The molecule has 1 fully saturated rings. The lowest BCUT2D eigenvalue weighted by Gasteiger charge is -2.28. The molecule has 0 aromatic carbocycles. The van der Waals surface area contributed by atoms with E-state index in [0.29, 0.717) is 0 Å². The van der Waals surface area contributed by atoms with Crippen LogP contribution in [-0.4, -0.2) is 23.8 Å². The molecule has 0 aliphatic heterocycles. The van der Waals surface area contributed by atoms with Gasteiger partial charge >= 0.3 is 5.97 Å². The normalized spacial score (nSPS) is 21.4. The molecule has 1 aliphatic carbocycles. The second kappa shape index (κ2) is 2.21. The summed E-state index contributed by atoms with van der Waals surface area (Å²) in [5.41, 5.74) is -1.14. The summed E-state index contributed by atoms with van der Waals surface area (Å²) in [5.74, 6) is -0.781. The Bertz CT molecular complexity index is 180. The number of methoxy groups -OCH3 is 1. The maximum absolute atomic E-state index is 10.8. The number of carboxylic acids is 1. The van der Waals surface area contributed by atoms with E-state index in [1.807, 2.05) is 0 Å². The molecule has 1 aliphatic rings. The number of hydrogen-bond acceptors (Lipinski definition) is 2. The van der Waals surface area contributed by atoms with Crippen molar-refractivity contribution in [1.82, 2.24) is 0 Å². The van der Waals surface area contributed by atoms with Crippen LogP contribution in [0.15, 0.2) is 0 Å². The van der Waals surface area contributed by atoms with Gasteiger partial charge in [0.25, 0.3) is 0 Å². The monoisotopic (exact) mass is 158 g/mol. The third kappa shape index (κ3) is 1.03. The highest BCUT2D eigenvalue weighted by molar-refractivity contribution is 5.76. The van der Waals surface area contributed by atoms with Crippen LogP contribution in [0.25, 0.3) is 0 Å². The lowest BCUT2D eigenvalue weighted by molar-refractivity contribution is -0.157. The molecule has 64 valence electrons. The smallest absolute Gasteiger partial charge is 0.312 e. The predicted molar refractivity (Wildman–Crippen MR) is 40.4 cm³/mol. The Kier molecular flexibility index (Phi) is 1.71. The van der Waals surface area contributed by atoms with E-state index >= 15 is 0 Å². The predicted octanol–water partition coefficient (Wildman–Crippen LogP) is 1.28. The van der Waals surface area contributed by atoms with Crippen LogP contribution in [0, 0.1) is 5.41 Å². The fraction of sp³-hybridized carbons (Fsp3) is 0.875. The topological polar surface area (TPSA) is 46.5 Å². The average Bonchev–Trinajstić information content (AvgIpc) is 2.66. The van der Waals surface area contributed by atoms with Gasteiger partial charge in [0.2, 0.25) is 0 Å². The molecule has 11 heavy (non-hydrogen) atoms. The van der Waals surface area contributed by atoms with Crippen LogP contribution in [0.5, 0.6) is 0 Å². The van der Waals surface area contributed by atoms with Crippen LogP contribution in [-0.2, 0) is 9.53 Å². The number of ether oxygens (including phenoxy) is 1. The van der Waals surface area contributed by atoms with E-state index in [9.17, 15) is 4.79 Å². The van der Waals surface area contributed by atoms with Crippen molar-refractivity contribution in [2.24, 2.45) is 5.41 Å². The first-order valence-corrected chi connectivity index (χ1v) is 3.75. The van der Waals surface area contributed by atoms with Gasteiger partial charge in [-0.25, -0.2) is 0 Å². The van der Waals surface area contributed by atoms with Crippen LogP contribution in [0.1, 0.15) is 26.7 Å². The summed E-state index contributed by atoms with van der Waals surface area (Å²) in [6.45, 7) is 3.43. The van der Waals surface area contributed by atoms with Crippen LogP contribution >= 0.6 is 0 Å². The number of carboxylic acid groups (broad SMARTS) is 1. The molecule has 3 heteroatoms. The van der Waals surface area contributed by atoms with E-state index in [-0.39, 0.29) is 0 Å². The van der Waals surface area contributed by atoms with Crippen LogP contribution < -0.4 is 0 Å². The highest BCUT2D eigenvalue weighted by Gasteiger charge is 2.59. The summed E-state index contributed by atoms with van der Waals surface area (Å²) in [5, 5.41) is 8.87. The average molecular weight is 158 g/mol. The van der Waals surface area contributed by atoms with E-state index in [2.05, 4.69) is 0 Å². The molecule has 0 aromatic heterocycles. The van der Waals surface area contributed by atoms with Crippen molar-refractivity contribution in [3.63, 3.8) is 0 Å². The number of hydrogen-bond donors (Lipinski definition) is 1. The molecule has 0 aromatic rings. The minimum atomic E-state index is -0.781. The molecule has 1 saturated carbocycles. The molecule has 0 bridgehead atoms. The largest absolute Gasteiger partial charge is 0.481 e. The van der Waals surface area contributed by atoms with Crippen LogP contribution in [0.2, 0.25) is 0 Å². The Labute approximate surface area is 66.4 Å². The lowest BCUT2D eigenvalue weighted by Crippen LogP contribution is -2.40. The highest BCUT2D eigenvalue weighted by Crippen LogP contribution is 2.52. The van der Waals surface area contributed by atoms with Gasteiger partial charge in [-0.15, -0.1) is 0 Å². The number of carbonyl (C=O) groups is 1. The fourth-order valence-electron chi connectivity index (χ4n) is 1.39. The maximum Gasteiger partial charge on any atom is 0.312 e. The minimum absolute atomic E-state index is 0.390. The molecule has 1 rings (SSSR count). The number of aliphatic carboxylic acids is 1. The van der Waals surface area contributed by atoms with E-state index in [1.165, 1.54) is 0 Å².